The van der Waals surface area contributed by atoms with Crippen molar-refractivity contribution in [3.8, 4) is 0 Å². The minimum absolute atomic E-state index is 0.0723. The maximum absolute atomic E-state index is 12.4. The molecule has 2 aliphatic heterocycles. The molecule has 0 saturated carbocycles. The van der Waals surface area contributed by atoms with Crippen LogP contribution >= 0.6 is 0 Å². The molecule has 2 fully saturated rings. The molecular weight excluding hydrogens is 246 g/mol. The summed E-state index contributed by atoms with van der Waals surface area (Å²) >= 11 is 0. The van der Waals surface area contributed by atoms with Crippen LogP contribution in [0, 0.1) is 11.3 Å². The topological polar surface area (TPSA) is 66.8 Å². The highest BCUT2D eigenvalue weighted by atomic mass is 16.5. The molecule has 0 aliphatic carbocycles. The molecule has 0 bridgehead atoms. The monoisotopic (exact) mass is 269 g/mol. The average Bonchev–Trinajstić information content (AvgIpc) is 2.84. The van der Waals surface area contributed by atoms with Crippen molar-refractivity contribution in [3.05, 3.63) is 0 Å². The van der Waals surface area contributed by atoms with Crippen LogP contribution in [-0.4, -0.2) is 47.7 Å². The molecule has 3 unspecified atom stereocenters. The van der Waals surface area contributed by atoms with E-state index in [0.29, 0.717) is 32.5 Å². The van der Waals surface area contributed by atoms with E-state index in [1.54, 1.807) is 4.90 Å². The molecule has 0 aromatic rings. The lowest BCUT2D eigenvalue weighted by Crippen LogP contribution is -2.51. The molecular formula is C14H23NO4. The zero-order valence-corrected chi connectivity index (χ0v) is 11.7. The van der Waals surface area contributed by atoms with Crippen molar-refractivity contribution in [1.82, 2.24) is 4.90 Å². The second kappa shape index (κ2) is 5.49. The minimum Gasteiger partial charge on any atom is -0.481 e. The van der Waals surface area contributed by atoms with Crippen molar-refractivity contribution in [3.63, 3.8) is 0 Å². The average molecular weight is 269 g/mol. The minimum atomic E-state index is -0.775. The van der Waals surface area contributed by atoms with Gasteiger partial charge in [0.25, 0.3) is 0 Å². The van der Waals surface area contributed by atoms with E-state index in [9.17, 15) is 14.7 Å². The molecule has 2 aliphatic rings. The SMILES string of the molecule is CCC1(C(=O)O)CCCN(C(=O)C2COC(C)C2)C1. The quantitative estimate of drug-likeness (QED) is 0.843. The normalized spacial score (nSPS) is 35.4. The molecule has 2 heterocycles. The first-order valence-corrected chi connectivity index (χ1v) is 7.12. The van der Waals surface area contributed by atoms with Gasteiger partial charge in [0, 0.05) is 13.1 Å². The fraction of sp³-hybridized carbons (Fsp3) is 0.857. The first-order valence-electron chi connectivity index (χ1n) is 7.12. The van der Waals surface area contributed by atoms with E-state index >= 15 is 0 Å². The largest absolute Gasteiger partial charge is 0.481 e. The second-order valence-electron chi connectivity index (χ2n) is 5.88. The zero-order chi connectivity index (χ0) is 14.0. The molecule has 1 N–H and O–H groups in total. The lowest BCUT2D eigenvalue weighted by atomic mass is 9.77. The van der Waals surface area contributed by atoms with Crippen LogP contribution in [0.15, 0.2) is 0 Å². The number of carboxylic acid groups (broad SMARTS) is 1. The van der Waals surface area contributed by atoms with E-state index in [1.165, 1.54) is 0 Å². The van der Waals surface area contributed by atoms with E-state index in [4.69, 9.17) is 4.74 Å². The Kier molecular flexibility index (Phi) is 4.13. The van der Waals surface area contributed by atoms with E-state index < -0.39 is 11.4 Å². The van der Waals surface area contributed by atoms with Crippen LogP contribution in [0.3, 0.4) is 0 Å². The Morgan fingerprint density at radius 2 is 2.21 bits per heavy atom. The highest BCUT2D eigenvalue weighted by Crippen LogP contribution is 2.35. The van der Waals surface area contributed by atoms with Gasteiger partial charge < -0.3 is 14.7 Å². The molecule has 3 atom stereocenters. The standard InChI is InChI=1S/C14H23NO4/c1-3-14(13(17)18)5-4-6-15(9-14)12(16)11-7-10(2)19-8-11/h10-11H,3-9H2,1-2H3,(H,17,18). The third-order valence-corrected chi connectivity index (χ3v) is 4.57. The highest BCUT2D eigenvalue weighted by molar-refractivity contribution is 5.81. The summed E-state index contributed by atoms with van der Waals surface area (Å²) in [6.07, 6.45) is 2.90. The number of carboxylic acids is 1. The van der Waals surface area contributed by atoms with Gasteiger partial charge in [0.2, 0.25) is 5.91 Å². The smallest absolute Gasteiger partial charge is 0.311 e. The van der Waals surface area contributed by atoms with Crippen LogP contribution in [0.1, 0.15) is 39.5 Å². The number of rotatable bonds is 3. The molecule has 19 heavy (non-hydrogen) atoms. The Hall–Kier alpha value is -1.10. The van der Waals surface area contributed by atoms with Crippen molar-refractivity contribution >= 4 is 11.9 Å². The predicted octanol–water partition coefficient (Wildman–Crippen LogP) is 1.51. The van der Waals surface area contributed by atoms with E-state index in [1.807, 2.05) is 13.8 Å². The number of hydrogen-bond donors (Lipinski definition) is 1. The van der Waals surface area contributed by atoms with Crippen LogP contribution in [0.5, 0.6) is 0 Å². The van der Waals surface area contributed by atoms with Crippen LogP contribution < -0.4 is 0 Å². The van der Waals surface area contributed by atoms with Gasteiger partial charge >= 0.3 is 5.97 Å². The Labute approximate surface area is 113 Å². The third-order valence-electron chi connectivity index (χ3n) is 4.57. The summed E-state index contributed by atoms with van der Waals surface area (Å²) in [6.45, 7) is 5.36. The molecule has 5 nitrogen and oxygen atoms in total. The Morgan fingerprint density at radius 1 is 1.47 bits per heavy atom. The van der Waals surface area contributed by atoms with Crippen molar-refractivity contribution in [2.45, 2.75) is 45.6 Å². The lowest BCUT2D eigenvalue weighted by molar-refractivity contribution is -0.156. The second-order valence-corrected chi connectivity index (χ2v) is 5.88. The zero-order valence-electron chi connectivity index (χ0n) is 11.7. The molecule has 0 aromatic carbocycles. The lowest BCUT2D eigenvalue weighted by Gasteiger charge is -2.40. The Morgan fingerprint density at radius 3 is 2.74 bits per heavy atom. The molecule has 108 valence electrons. The van der Waals surface area contributed by atoms with E-state index in [-0.39, 0.29) is 17.9 Å². The number of aliphatic carboxylic acids is 1. The van der Waals surface area contributed by atoms with Crippen LogP contribution in [0.4, 0.5) is 0 Å². The summed E-state index contributed by atoms with van der Waals surface area (Å²) in [5.74, 6) is -0.789. The van der Waals surface area contributed by atoms with Gasteiger partial charge in [-0.15, -0.1) is 0 Å². The van der Waals surface area contributed by atoms with E-state index in [0.717, 1.165) is 12.8 Å². The number of hydrogen-bond acceptors (Lipinski definition) is 3. The molecule has 2 saturated heterocycles. The van der Waals surface area contributed by atoms with Gasteiger partial charge in [-0.05, 0) is 32.6 Å². The van der Waals surface area contributed by atoms with Gasteiger partial charge in [-0.3, -0.25) is 9.59 Å². The molecule has 2 rings (SSSR count). The van der Waals surface area contributed by atoms with Crippen molar-refractivity contribution < 1.29 is 19.4 Å². The number of ether oxygens (including phenoxy) is 1. The number of likely N-dealkylation sites (tertiary alicyclic amines) is 1. The maximum Gasteiger partial charge on any atom is 0.311 e. The summed E-state index contributed by atoms with van der Waals surface area (Å²) < 4.78 is 5.44. The number of nitrogens with zero attached hydrogens (tertiary/aromatic N) is 1. The van der Waals surface area contributed by atoms with Gasteiger partial charge in [-0.25, -0.2) is 0 Å². The van der Waals surface area contributed by atoms with Gasteiger partial charge in [-0.2, -0.15) is 0 Å². The summed E-state index contributed by atoms with van der Waals surface area (Å²) in [5.41, 5.74) is -0.751. The fourth-order valence-corrected chi connectivity index (χ4v) is 3.18. The predicted molar refractivity (Wildman–Crippen MR) is 69.7 cm³/mol. The maximum atomic E-state index is 12.4. The molecule has 0 aromatic heterocycles. The van der Waals surface area contributed by atoms with Crippen molar-refractivity contribution in [1.29, 1.82) is 0 Å². The third kappa shape index (κ3) is 2.76. The van der Waals surface area contributed by atoms with Gasteiger partial charge in [-0.1, -0.05) is 6.92 Å². The van der Waals surface area contributed by atoms with Crippen LogP contribution in [0.25, 0.3) is 0 Å². The molecule has 5 heteroatoms. The summed E-state index contributed by atoms with van der Waals surface area (Å²) in [6, 6.07) is 0. The number of carbonyl (C=O) groups excluding carboxylic acids is 1. The van der Waals surface area contributed by atoms with Gasteiger partial charge in [0.15, 0.2) is 0 Å². The fourth-order valence-electron chi connectivity index (χ4n) is 3.18. The first kappa shape index (κ1) is 14.3. The van der Waals surface area contributed by atoms with Crippen LogP contribution in [-0.2, 0) is 14.3 Å². The molecule has 0 radical (unpaired) electrons. The van der Waals surface area contributed by atoms with Crippen LogP contribution in [0.2, 0.25) is 0 Å². The molecule has 0 spiro atoms. The number of amides is 1. The Balaban J connectivity index is 2.04. The summed E-state index contributed by atoms with van der Waals surface area (Å²) in [7, 11) is 0. The Bertz CT molecular complexity index is 370. The molecule has 1 amide bonds. The summed E-state index contributed by atoms with van der Waals surface area (Å²) in [5, 5.41) is 9.43. The highest BCUT2D eigenvalue weighted by Gasteiger charge is 2.43. The summed E-state index contributed by atoms with van der Waals surface area (Å²) in [4.78, 5) is 25.7. The van der Waals surface area contributed by atoms with E-state index in [2.05, 4.69) is 0 Å². The van der Waals surface area contributed by atoms with Gasteiger partial charge in [0.05, 0.1) is 24.0 Å². The number of carbonyl (C=O) groups is 2. The van der Waals surface area contributed by atoms with Crippen molar-refractivity contribution in [2.24, 2.45) is 11.3 Å². The van der Waals surface area contributed by atoms with Crippen molar-refractivity contribution in [2.75, 3.05) is 19.7 Å². The first-order chi connectivity index (χ1) is 8.98. The van der Waals surface area contributed by atoms with Gasteiger partial charge in [0.1, 0.15) is 0 Å². The number of piperidine rings is 1.